The van der Waals surface area contributed by atoms with Crippen molar-refractivity contribution in [1.82, 2.24) is 0 Å². The van der Waals surface area contributed by atoms with Gasteiger partial charge in [0, 0.05) is 0 Å². The molecule has 0 spiro atoms. The Balaban J connectivity index is 1.75. The third kappa shape index (κ3) is 3.01. The smallest absolute Gasteiger partial charge is 0.315 e. The lowest BCUT2D eigenvalue weighted by atomic mass is 9.38. The molecule has 0 heterocycles. The van der Waals surface area contributed by atoms with Gasteiger partial charge < -0.3 is 20.1 Å². The molecule has 4 unspecified atom stereocenters. The SMILES string of the molecule is CCC[C@@H](C)[C@H]1CC[C@H]2[C@@H]3C(O)C(O)C4(C(=O)OC)CC(O)CC[C@]4(C)[C@H]3CC[C@]12C. The fourth-order valence-electron chi connectivity index (χ4n) is 9.54. The predicted octanol–water partition coefficient (Wildman–Crippen LogP) is 3.93. The zero-order valence-electron chi connectivity index (χ0n) is 20.1. The number of rotatable bonds is 4. The van der Waals surface area contributed by atoms with E-state index in [9.17, 15) is 20.1 Å². The Morgan fingerprint density at radius 1 is 1.06 bits per heavy atom. The molecular formula is C26H44O5. The fourth-order valence-corrected chi connectivity index (χ4v) is 9.54. The minimum absolute atomic E-state index is 0.00519. The first-order valence-corrected chi connectivity index (χ1v) is 12.7. The van der Waals surface area contributed by atoms with Crippen LogP contribution in [-0.2, 0) is 9.53 Å². The summed E-state index contributed by atoms with van der Waals surface area (Å²) in [7, 11) is 1.36. The number of ether oxygens (including phenoxy) is 1. The minimum atomic E-state index is -1.23. The van der Waals surface area contributed by atoms with Crippen molar-refractivity contribution in [2.75, 3.05) is 7.11 Å². The lowest BCUT2D eigenvalue weighted by molar-refractivity contribution is -0.269. The zero-order valence-corrected chi connectivity index (χ0v) is 20.1. The van der Waals surface area contributed by atoms with E-state index in [2.05, 4.69) is 27.7 Å². The average Bonchev–Trinajstić information content (AvgIpc) is 3.09. The van der Waals surface area contributed by atoms with Crippen LogP contribution in [0.2, 0.25) is 0 Å². The van der Waals surface area contributed by atoms with Crippen LogP contribution in [0.25, 0.3) is 0 Å². The molecule has 0 aromatic carbocycles. The monoisotopic (exact) mass is 436 g/mol. The summed E-state index contributed by atoms with van der Waals surface area (Å²) in [6.45, 7) is 9.23. The highest BCUT2D eigenvalue weighted by molar-refractivity contribution is 5.79. The number of carbonyl (C=O) groups is 1. The van der Waals surface area contributed by atoms with Gasteiger partial charge in [-0.1, -0.05) is 40.5 Å². The third-order valence-electron chi connectivity index (χ3n) is 11.0. The van der Waals surface area contributed by atoms with Crippen molar-refractivity contribution in [3.8, 4) is 0 Å². The molecule has 4 fully saturated rings. The maximum atomic E-state index is 13.2. The van der Waals surface area contributed by atoms with Crippen molar-refractivity contribution in [3.05, 3.63) is 0 Å². The Hall–Kier alpha value is -0.650. The summed E-state index contributed by atoms with van der Waals surface area (Å²) < 4.78 is 5.22. The summed E-state index contributed by atoms with van der Waals surface area (Å²) in [5.41, 5.74) is -1.52. The topological polar surface area (TPSA) is 87.0 Å². The largest absolute Gasteiger partial charge is 0.468 e. The molecule has 178 valence electrons. The Morgan fingerprint density at radius 3 is 2.42 bits per heavy atom. The fraction of sp³-hybridized carbons (Fsp3) is 0.962. The van der Waals surface area contributed by atoms with E-state index < -0.39 is 35.1 Å². The van der Waals surface area contributed by atoms with Crippen LogP contribution in [0.5, 0.6) is 0 Å². The van der Waals surface area contributed by atoms with Crippen LogP contribution in [0.3, 0.4) is 0 Å². The maximum Gasteiger partial charge on any atom is 0.315 e. The van der Waals surface area contributed by atoms with Gasteiger partial charge in [-0.3, -0.25) is 4.79 Å². The van der Waals surface area contributed by atoms with Crippen LogP contribution in [0.1, 0.15) is 85.5 Å². The summed E-state index contributed by atoms with van der Waals surface area (Å²) in [6, 6.07) is 0. The van der Waals surface area contributed by atoms with Crippen LogP contribution in [0.4, 0.5) is 0 Å². The number of hydrogen-bond acceptors (Lipinski definition) is 5. The Labute approximate surface area is 187 Å². The molecule has 0 bridgehead atoms. The van der Waals surface area contributed by atoms with Gasteiger partial charge in [-0.05, 0) is 85.4 Å². The second kappa shape index (κ2) is 7.99. The van der Waals surface area contributed by atoms with Gasteiger partial charge in [0.15, 0.2) is 0 Å². The minimum Gasteiger partial charge on any atom is -0.468 e. The van der Waals surface area contributed by atoms with E-state index in [0.29, 0.717) is 30.6 Å². The van der Waals surface area contributed by atoms with Gasteiger partial charge in [-0.25, -0.2) is 0 Å². The molecule has 5 heteroatoms. The normalized spacial score (nSPS) is 52.6. The molecule has 5 nitrogen and oxygen atoms in total. The van der Waals surface area contributed by atoms with Gasteiger partial charge in [-0.2, -0.15) is 0 Å². The van der Waals surface area contributed by atoms with Gasteiger partial charge in [0.05, 0.1) is 25.4 Å². The van der Waals surface area contributed by atoms with Crippen molar-refractivity contribution >= 4 is 5.97 Å². The molecule has 4 saturated carbocycles. The lowest BCUT2D eigenvalue weighted by Crippen LogP contribution is -2.72. The van der Waals surface area contributed by atoms with Crippen LogP contribution < -0.4 is 0 Å². The number of methoxy groups -OCH3 is 1. The van der Waals surface area contributed by atoms with Crippen molar-refractivity contribution in [2.45, 2.75) is 104 Å². The predicted molar refractivity (Wildman–Crippen MR) is 119 cm³/mol. The Bertz CT molecular complexity index is 695. The van der Waals surface area contributed by atoms with Crippen molar-refractivity contribution in [3.63, 3.8) is 0 Å². The van der Waals surface area contributed by atoms with E-state index in [4.69, 9.17) is 4.74 Å². The first kappa shape index (κ1) is 23.5. The van der Waals surface area contributed by atoms with Crippen molar-refractivity contribution in [1.29, 1.82) is 0 Å². The molecule has 0 aliphatic heterocycles. The average molecular weight is 437 g/mol. The Kier molecular flexibility index (Phi) is 6.06. The molecule has 0 aromatic rings. The highest BCUT2D eigenvalue weighted by atomic mass is 16.5. The molecule has 0 saturated heterocycles. The molecule has 4 aliphatic carbocycles. The molecule has 4 aliphatic rings. The standard InChI is InChI=1S/C26H44O5/c1-6-7-15(2)17-8-9-18-20-19(11-12-24(17,18)3)25(4)13-10-16(27)14-26(25,23(30)31-5)22(29)21(20)28/h15-22,27-29H,6-14H2,1-5H3/t15-,16?,17-,18+,19+,20+,21?,22?,24-,25-,26?/m1/s1. The van der Waals surface area contributed by atoms with Gasteiger partial charge in [0.2, 0.25) is 0 Å². The van der Waals surface area contributed by atoms with Crippen molar-refractivity contribution in [2.24, 2.45) is 45.8 Å². The van der Waals surface area contributed by atoms with Gasteiger partial charge in [0.1, 0.15) is 5.41 Å². The van der Waals surface area contributed by atoms with E-state index in [1.807, 2.05) is 0 Å². The summed E-state index contributed by atoms with van der Waals surface area (Å²) in [5, 5.41) is 33.6. The van der Waals surface area contributed by atoms with Crippen LogP contribution in [-0.4, -0.2) is 46.7 Å². The number of hydrogen-bond donors (Lipinski definition) is 3. The van der Waals surface area contributed by atoms with E-state index in [1.165, 1.54) is 26.4 Å². The third-order valence-corrected chi connectivity index (χ3v) is 11.0. The van der Waals surface area contributed by atoms with E-state index in [-0.39, 0.29) is 23.7 Å². The summed E-state index contributed by atoms with van der Waals surface area (Å²) in [4.78, 5) is 13.2. The molecular weight excluding hydrogens is 392 g/mol. The van der Waals surface area contributed by atoms with E-state index >= 15 is 0 Å². The Morgan fingerprint density at radius 2 is 1.77 bits per heavy atom. The number of carbonyl (C=O) groups excluding carboxylic acids is 1. The van der Waals surface area contributed by atoms with Gasteiger partial charge in [-0.15, -0.1) is 0 Å². The van der Waals surface area contributed by atoms with E-state index in [0.717, 1.165) is 19.3 Å². The molecule has 0 radical (unpaired) electrons. The molecule has 0 aromatic heterocycles. The first-order valence-electron chi connectivity index (χ1n) is 12.7. The summed E-state index contributed by atoms with van der Waals surface area (Å²) >= 11 is 0. The number of aliphatic hydroxyl groups excluding tert-OH is 3. The molecule has 31 heavy (non-hydrogen) atoms. The maximum absolute atomic E-state index is 13.2. The number of esters is 1. The highest BCUT2D eigenvalue weighted by Gasteiger charge is 2.73. The van der Waals surface area contributed by atoms with Crippen LogP contribution in [0, 0.1) is 45.8 Å². The van der Waals surface area contributed by atoms with Gasteiger partial charge >= 0.3 is 5.97 Å². The van der Waals surface area contributed by atoms with Crippen LogP contribution in [0.15, 0.2) is 0 Å². The highest BCUT2D eigenvalue weighted by Crippen LogP contribution is 2.71. The summed E-state index contributed by atoms with van der Waals surface area (Å²) in [5.74, 6) is 1.42. The zero-order chi connectivity index (χ0) is 22.8. The molecule has 0 amide bonds. The second-order valence-corrected chi connectivity index (χ2v) is 12.0. The second-order valence-electron chi connectivity index (χ2n) is 12.0. The molecule has 11 atom stereocenters. The van der Waals surface area contributed by atoms with Gasteiger partial charge in [0.25, 0.3) is 0 Å². The number of aliphatic hydroxyl groups is 3. The van der Waals surface area contributed by atoms with E-state index in [1.54, 1.807) is 0 Å². The van der Waals surface area contributed by atoms with Crippen molar-refractivity contribution < 1.29 is 24.9 Å². The van der Waals surface area contributed by atoms with Crippen LogP contribution >= 0.6 is 0 Å². The lowest BCUT2D eigenvalue weighted by Gasteiger charge is -2.67. The molecule has 3 N–H and O–H groups in total. The summed E-state index contributed by atoms with van der Waals surface area (Å²) in [6.07, 6.45) is 5.55. The first-order chi connectivity index (χ1) is 14.6. The molecule has 4 rings (SSSR count). The quantitative estimate of drug-likeness (QED) is 0.581. The number of fused-ring (bicyclic) bond motifs is 5.